The van der Waals surface area contributed by atoms with Gasteiger partial charge in [-0.25, -0.2) is 5.43 Å². The Kier molecular flexibility index (Phi) is 5.86. The normalized spacial score (nSPS) is 10.5. The molecule has 2 amide bonds. The van der Waals surface area contributed by atoms with Crippen molar-refractivity contribution in [3.63, 3.8) is 0 Å². The van der Waals surface area contributed by atoms with Crippen LogP contribution in [0.3, 0.4) is 0 Å². The van der Waals surface area contributed by atoms with Crippen molar-refractivity contribution in [1.29, 1.82) is 0 Å². The highest BCUT2D eigenvalue weighted by Gasteiger charge is 2.14. The number of anilines is 1. The number of nitrogens with one attached hydrogen (secondary N) is 2. The lowest BCUT2D eigenvalue weighted by molar-refractivity contribution is -0.384. The number of aromatic hydroxyl groups is 1. The highest BCUT2D eigenvalue weighted by atomic mass is 35.5. The van der Waals surface area contributed by atoms with Crippen LogP contribution in [-0.4, -0.2) is 28.1 Å². The summed E-state index contributed by atoms with van der Waals surface area (Å²) in [5.41, 5.74) is 2.85. The molecule has 0 heterocycles. The monoisotopic (exact) mass is 376 g/mol. The number of amides is 2. The van der Waals surface area contributed by atoms with Crippen molar-refractivity contribution in [3.05, 3.63) is 62.7 Å². The van der Waals surface area contributed by atoms with Crippen LogP contribution in [0.2, 0.25) is 5.02 Å². The van der Waals surface area contributed by atoms with E-state index in [0.717, 1.165) is 30.0 Å². The lowest BCUT2D eigenvalue weighted by Crippen LogP contribution is -2.32. The van der Waals surface area contributed by atoms with E-state index in [1.165, 1.54) is 6.07 Å². The quantitative estimate of drug-likeness (QED) is 0.326. The third-order valence-electron chi connectivity index (χ3n) is 3.23. The fourth-order valence-corrected chi connectivity index (χ4v) is 2.01. The molecule has 10 heteroatoms. The van der Waals surface area contributed by atoms with Gasteiger partial charge in [-0.2, -0.15) is 5.10 Å². The molecule has 0 bridgehead atoms. The molecule has 0 atom stereocenters. The smallest absolute Gasteiger partial charge is 0.329 e. The summed E-state index contributed by atoms with van der Waals surface area (Å²) in [4.78, 5) is 33.5. The van der Waals surface area contributed by atoms with Gasteiger partial charge in [-0.15, -0.1) is 0 Å². The number of phenols is 1. The first kappa shape index (κ1) is 18.9. The van der Waals surface area contributed by atoms with Crippen molar-refractivity contribution in [2.45, 2.75) is 6.92 Å². The molecule has 0 unspecified atom stereocenters. The number of rotatable bonds is 4. The van der Waals surface area contributed by atoms with Crippen molar-refractivity contribution < 1.29 is 19.6 Å². The second kappa shape index (κ2) is 8.08. The molecule has 0 radical (unpaired) electrons. The SMILES string of the molecule is Cc1ccc(NC(=O)C(=O)NN=Cc2cc([N+](=O)[O-])ccc2O)cc1Cl. The maximum absolute atomic E-state index is 11.8. The molecule has 2 aromatic carbocycles. The summed E-state index contributed by atoms with van der Waals surface area (Å²) in [5.74, 6) is -2.32. The Labute approximate surface area is 152 Å². The van der Waals surface area contributed by atoms with E-state index < -0.39 is 16.7 Å². The number of nitrogens with zero attached hydrogens (tertiary/aromatic N) is 2. The van der Waals surface area contributed by atoms with Crippen LogP contribution in [0, 0.1) is 17.0 Å². The first-order chi connectivity index (χ1) is 12.3. The summed E-state index contributed by atoms with van der Waals surface area (Å²) in [6.45, 7) is 1.79. The van der Waals surface area contributed by atoms with Crippen molar-refractivity contribution >= 4 is 41.0 Å². The minimum absolute atomic E-state index is 0.00484. The largest absolute Gasteiger partial charge is 0.507 e. The first-order valence-corrected chi connectivity index (χ1v) is 7.53. The van der Waals surface area contributed by atoms with Crippen LogP contribution in [-0.2, 0) is 9.59 Å². The van der Waals surface area contributed by atoms with Gasteiger partial charge in [-0.1, -0.05) is 17.7 Å². The number of halogens is 1. The standard InChI is InChI=1S/C16H13ClN4O5/c1-9-2-3-11(7-13(9)17)19-15(23)16(24)20-18-8-10-6-12(21(25)26)4-5-14(10)22/h2-8,22H,1H3,(H,19,23)(H,20,24). The van der Waals surface area contributed by atoms with Crippen molar-refractivity contribution in [1.82, 2.24) is 5.43 Å². The lowest BCUT2D eigenvalue weighted by Gasteiger charge is -2.05. The number of hydrogen-bond acceptors (Lipinski definition) is 6. The lowest BCUT2D eigenvalue weighted by atomic mass is 10.2. The number of non-ortho nitro benzene ring substituents is 1. The zero-order valence-electron chi connectivity index (χ0n) is 13.4. The van der Waals surface area contributed by atoms with Crippen LogP contribution in [0.25, 0.3) is 0 Å². The molecular weight excluding hydrogens is 364 g/mol. The van der Waals surface area contributed by atoms with Crippen molar-refractivity contribution in [2.24, 2.45) is 5.10 Å². The van der Waals surface area contributed by atoms with E-state index in [-0.39, 0.29) is 17.0 Å². The molecule has 2 rings (SSSR count). The second-order valence-electron chi connectivity index (χ2n) is 5.12. The van der Waals surface area contributed by atoms with E-state index in [0.29, 0.717) is 10.7 Å². The highest BCUT2D eigenvalue weighted by Crippen LogP contribution is 2.21. The van der Waals surface area contributed by atoms with Crippen molar-refractivity contribution in [3.8, 4) is 5.75 Å². The fourth-order valence-electron chi connectivity index (χ4n) is 1.83. The number of nitro benzene ring substituents is 1. The molecule has 3 N–H and O–H groups in total. The molecule has 134 valence electrons. The van der Waals surface area contributed by atoms with E-state index >= 15 is 0 Å². The fraction of sp³-hybridized carbons (Fsp3) is 0.0625. The molecule has 0 saturated heterocycles. The van der Waals surface area contributed by atoms with Crippen LogP contribution in [0.1, 0.15) is 11.1 Å². The number of aryl methyl sites for hydroxylation is 1. The van der Waals surface area contributed by atoms with Gasteiger partial charge in [-0.05, 0) is 30.7 Å². The molecule has 0 aromatic heterocycles. The third-order valence-corrected chi connectivity index (χ3v) is 3.63. The average molecular weight is 377 g/mol. The molecule has 0 saturated carbocycles. The zero-order chi connectivity index (χ0) is 19.3. The van der Waals surface area contributed by atoms with Gasteiger partial charge in [0.1, 0.15) is 5.75 Å². The number of carbonyl (C=O) groups is 2. The van der Waals surface area contributed by atoms with E-state index in [9.17, 15) is 24.8 Å². The molecule has 0 aliphatic heterocycles. The predicted octanol–water partition coefficient (Wildman–Crippen LogP) is 2.35. The van der Waals surface area contributed by atoms with Gasteiger partial charge in [0, 0.05) is 28.4 Å². The minimum atomic E-state index is -1.07. The Bertz CT molecular complexity index is 914. The molecule has 0 spiro atoms. The summed E-state index contributed by atoms with van der Waals surface area (Å²) >= 11 is 5.93. The van der Waals surface area contributed by atoms with Crippen LogP contribution >= 0.6 is 11.6 Å². The summed E-state index contributed by atoms with van der Waals surface area (Å²) in [5, 5.41) is 26.6. The summed E-state index contributed by atoms with van der Waals surface area (Å²) in [7, 11) is 0. The number of benzene rings is 2. The third kappa shape index (κ3) is 4.77. The van der Waals surface area contributed by atoms with Crippen LogP contribution in [0.4, 0.5) is 11.4 Å². The average Bonchev–Trinajstić information content (AvgIpc) is 2.59. The highest BCUT2D eigenvalue weighted by molar-refractivity contribution is 6.39. The topological polar surface area (TPSA) is 134 Å². The Morgan fingerprint density at radius 3 is 2.62 bits per heavy atom. The van der Waals surface area contributed by atoms with E-state index in [4.69, 9.17) is 11.6 Å². The molecule has 2 aromatic rings. The predicted molar refractivity (Wildman–Crippen MR) is 95.3 cm³/mol. The Balaban J connectivity index is 2.00. The number of carbonyl (C=O) groups excluding carboxylic acids is 2. The van der Waals surface area contributed by atoms with Gasteiger partial charge in [-0.3, -0.25) is 19.7 Å². The van der Waals surface area contributed by atoms with E-state index in [1.54, 1.807) is 19.1 Å². The van der Waals surface area contributed by atoms with E-state index in [1.807, 2.05) is 5.43 Å². The van der Waals surface area contributed by atoms with Gasteiger partial charge >= 0.3 is 11.8 Å². The number of hydrogen-bond donors (Lipinski definition) is 3. The Hall–Kier alpha value is -3.46. The maximum Gasteiger partial charge on any atom is 0.329 e. The summed E-state index contributed by atoms with van der Waals surface area (Å²) < 4.78 is 0. The number of hydrazone groups is 1. The molecule has 9 nitrogen and oxygen atoms in total. The molecule has 0 fully saturated rings. The van der Waals surface area contributed by atoms with Crippen LogP contribution in [0.5, 0.6) is 5.75 Å². The second-order valence-corrected chi connectivity index (χ2v) is 5.52. The first-order valence-electron chi connectivity index (χ1n) is 7.16. The molecule has 0 aliphatic carbocycles. The van der Waals surface area contributed by atoms with Gasteiger partial charge in [0.25, 0.3) is 5.69 Å². The summed E-state index contributed by atoms with van der Waals surface area (Å²) in [6, 6.07) is 8.06. The van der Waals surface area contributed by atoms with Gasteiger partial charge in [0.05, 0.1) is 11.1 Å². The van der Waals surface area contributed by atoms with Crippen molar-refractivity contribution in [2.75, 3.05) is 5.32 Å². The molecular formula is C16H13ClN4O5. The van der Waals surface area contributed by atoms with Gasteiger partial charge in [0.2, 0.25) is 0 Å². The minimum Gasteiger partial charge on any atom is -0.507 e. The van der Waals surface area contributed by atoms with E-state index in [2.05, 4.69) is 10.4 Å². The summed E-state index contributed by atoms with van der Waals surface area (Å²) in [6.07, 6.45) is 0.982. The maximum atomic E-state index is 11.8. The van der Waals surface area contributed by atoms with Crippen LogP contribution < -0.4 is 10.7 Å². The molecule has 0 aliphatic rings. The number of nitro groups is 1. The number of phenolic OH excluding ortho intramolecular Hbond substituents is 1. The molecule has 26 heavy (non-hydrogen) atoms. The van der Waals surface area contributed by atoms with Crippen LogP contribution in [0.15, 0.2) is 41.5 Å². The Morgan fingerprint density at radius 1 is 1.23 bits per heavy atom. The van der Waals surface area contributed by atoms with Gasteiger partial charge in [0.15, 0.2) is 0 Å². The Morgan fingerprint density at radius 2 is 1.96 bits per heavy atom. The zero-order valence-corrected chi connectivity index (χ0v) is 14.1. The van der Waals surface area contributed by atoms with Gasteiger partial charge < -0.3 is 10.4 Å².